The third-order valence-corrected chi connectivity index (χ3v) is 2.57. The quantitative estimate of drug-likeness (QED) is 0.638. The molecule has 0 aliphatic carbocycles. The van der Waals surface area contributed by atoms with Gasteiger partial charge in [0, 0.05) is 12.1 Å². The Labute approximate surface area is 108 Å². The molecule has 2 amide bonds. The fourth-order valence-corrected chi connectivity index (χ4v) is 1.61. The molecule has 0 unspecified atom stereocenters. The minimum Gasteiger partial charge on any atom is -0.465 e. The third kappa shape index (κ3) is 3.41. The van der Waals surface area contributed by atoms with Gasteiger partial charge in [-0.3, -0.25) is 10.1 Å². The zero-order valence-electron chi connectivity index (χ0n) is 10.1. The number of amides is 2. The summed E-state index contributed by atoms with van der Waals surface area (Å²) in [7, 11) is 0. The summed E-state index contributed by atoms with van der Waals surface area (Å²) in [6.07, 6.45) is -2.73. The van der Waals surface area contributed by atoms with Crippen molar-refractivity contribution in [2.45, 2.75) is 19.9 Å². The highest BCUT2D eigenvalue weighted by Gasteiger charge is 2.22. The number of benzene rings is 1. The monoisotopic (exact) mass is 268 g/mol. The number of nitro benzene ring substituents is 1. The molecule has 8 heteroatoms. The molecule has 0 aliphatic rings. The summed E-state index contributed by atoms with van der Waals surface area (Å²) in [4.78, 5) is 31.8. The number of carboxylic acid groups (broad SMARTS) is 2. The van der Waals surface area contributed by atoms with E-state index in [4.69, 9.17) is 10.2 Å². The van der Waals surface area contributed by atoms with E-state index < -0.39 is 23.7 Å². The van der Waals surface area contributed by atoms with Gasteiger partial charge in [0.05, 0.1) is 11.5 Å². The van der Waals surface area contributed by atoms with Crippen LogP contribution in [0.15, 0.2) is 18.2 Å². The van der Waals surface area contributed by atoms with E-state index in [0.717, 1.165) is 0 Å². The summed E-state index contributed by atoms with van der Waals surface area (Å²) in [6, 6.07) is 3.99. The third-order valence-electron chi connectivity index (χ3n) is 2.57. The Kier molecular flexibility index (Phi) is 4.41. The summed E-state index contributed by atoms with van der Waals surface area (Å²) in [5, 5.41) is 28.2. The highest BCUT2D eigenvalue weighted by Crippen LogP contribution is 2.20. The molecule has 8 nitrogen and oxygen atoms in total. The average Bonchev–Trinajstić information content (AvgIpc) is 2.34. The largest absolute Gasteiger partial charge is 0.465 e. The average molecular weight is 268 g/mol. The molecule has 0 aromatic heterocycles. The molecule has 0 saturated carbocycles. The van der Waals surface area contributed by atoms with Crippen LogP contribution in [0.2, 0.25) is 0 Å². The molecule has 1 aromatic carbocycles. The van der Waals surface area contributed by atoms with Crippen LogP contribution in [0, 0.1) is 10.1 Å². The van der Waals surface area contributed by atoms with Gasteiger partial charge in [-0.05, 0) is 17.5 Å². The van der Waals surface area contributed by atoms with Crippen molar-refractivity contribution in [3.63, 3.8) is 0 Å². The molecule has 0 aliphatic heterocycles. The van der Waals surface area contributed by atoms with Gasteiger partial charge in [0.1, 0.15) is 0 Å². The predicted octanol–water partition coefficient (Wildman–Crippen LogP) is 2.32. The SMILES string of the molecule is CCc1ccc([N+](=O)[O-])cc1CN(C(=O)O)C(=O)O. The first kappa shape index (κ1) is 14.4. The number of imide groups is 1. The number of non-ortho nitro benzene ring substituents is 1. The van der Waals surface area contributed by atoms with Crippen LogP contribution in [0.5, 0.6) is 0 Å². The van der Waals surface area contributed by atoms with Gasteiger partial charge < -0.3 is 10.2 Å². The van der Waals surface area contributed by atoms with E-state index in [2.05, 4.69) is 0 Å². The van der Waals surface area contributed by atoms with Gasteiger partial charge in [-0.25, -0.2) is 14.5 Å². The zero-order valence-corrected chi connectivity index (χ0v) is 10.1. The molecule has 0 bridgehead atoms. The maximum absolute atomic E-state index is 10.8. The van der Waals surface area contributed by atoms with Crippen molar-refractivity contribution in [3.8, 4) is 0 Å². The first-order valence-electron chi connectivity index (χ1n) is 5.36. The molecular weight excluding hydrogens is 256 g/mol. The van der Waals surface area contributed by atoms with Gasteiger partial charge in [0.25, 0.3) is 5.69 Å². The molecule has 1 aromatic rings. The van der Waals surface area contributed by atoms with E-state index in [9.17, 15) is 19.7 Å². The van der Waals surface area contributed by atoms with Crippen molar-refractivity contribution in [3.05, 3.63) is 39.4 Å². The van der Waals surface area contributed by atoms with Crippen molar-refractivity contribution in [1.82, 2.24) is 4.90 Å². The van der Waals surface area contributed by atoms with Crippen molar-refractivity contribution < 1.29 is 24.7 Å². The molecule has 0 heterocycles. The van der Waals surface area contributed by atoms with Gasteiger partial charge in [-0.2, -0.15) is 0 Å². The van der Waals surface area contributed by atoms with Gasteiger partial charge in [0.15, 0.2) is 0 Å². The number of hydrogen-bond acceptors (Lipinski definition) is 4. The standard InChI is InChI=1S/C11H12N2O6/c1-2-7-3-4-9(13(18)19)5-8(7)6-12(10(14)15)11(16)17/h3-5H,2,6H2,1H3,(H,14,15)(H,16,17). The Bertz CT molecular complexity index is 514. The summed E-state index contributed by atoms with van der Waals surface area (Å²) >= 11 is 0. The molecule has 1 rings (SSSR count). The Hall–Kier alpha value is -2.64. The van der Waals surface area contributed by atoms with Gasteiger partial charge >= 0.3 is 12.2 Å². The number of carbonyl (C=O) groups is 2. The maximum atomic E-state index is 10.8. The van der Waals surface area contributed by atoms with Crippen LogP contribution in [0.4, 0.5) is 15.3 Å². The molecule has 0 radical (unpaired) electrons. The lowest BCUT2D eigenvalue weighted by Gasteiger charge is -2.15. The number of nitro groups is 1. The highest BCUT2D eigenvalue weighted by molar-refractivity contribution is 5.85. The lowest BCUT2D eigenvalue weighted by Crippen LogP contribution is -2.34. The van der Waals surface area contributed by atoms with Gasteiger partial charge in [0.2, 0.25) is 0 Å². The molecule has 2 N–H and O–H groups in total. The van der Waals surface area contributed by atoms with Crippen LogP contribution in [0.25, 0.3) is 0 Å². The fourth-order valence-electron chi connectivity index (χ4n) is 1.61. The van der Waals surface area contributed by atoms with Crippen molar-refractivity contribution in [1.29, 1.82) is 0 Å². The molecule has 19 heavy (non-hydrogen) atoms. The second kappa shape index (κ2) is 5.80. The number of nitrogens with zero attached hydrogens (tertiary/aromatic N) is 2. The minimum atomic E-state index is -1.62. The first-order chi connectivity index (χ1) is 8.86. The van der Waals surface area contributed by atoms with E-state index in [1.165, 1.54) is 18.2 Å². The van der Waals surface area contributed by atoms with E-state index >= 15 is 0 Å². The predicted molar refractivity (Wildman–Crippen MR) is 64.1 cm³/mol. The molecular formula is C11H12N2O6. The van der Waals surface area contributed by atoms with Crippen molar-refractivity contribution in [2.24, 2.45) is 0 Å². The summed E-state index contributed by atoms with van der Waals surface area (Å²) in [5.74, 6) is 0. The Morgan fingerprint density at radius 3 is 2.26 bits per heavy atom. The van der Waals surface area contributed by atoms with E-state index in [-0.39, 0.29) is 10.6 Å². The molecule has 0 saturated heterocycles. The fraction of sp³-hybridized carbons (Fsp3) is 0.273. The first-order valence-corrected chi connectivity index (χ1v) is 5.36. The maximum Gasteiger partial charge on any atom is 0.417 e. The normalized spacial score (nSPS) is 9.95. The second-order valence-corrected chi connectivity index (χ2v) is 3.71. The summed E-state index contributed by atoms with van der Waals surface area (Å²) in [6.45, 7) is 1.35. The number of hydrogen-bond donors (Lipinski definition) is 2. The number of rotatable bonds is 4. The van der Waals surface area contributed by atoms with Crippen molar-refractivity contribution >= 4 is 17.9 Å². The molecule has 0 spiro atoms. The second-order valence-electron chi connectivity index (χ2n) is 3.71. The van der Waals surface area contributed by atoms with Crippen LogP contribution < -0.4 is 0 Å². The lowest BCUT2D eigenvalue weighted by molar-refractivity contribution is -0.384. The van der Waals surface area contributed by atoms with E-state index in [0.29, 0.717) is 17.5 Å². The van der Waals surface area contributed by atoms with Crippen LogP contribution in [-0.2, 0) is 13.0 Å². The van der Waals surface area contributed by atoms with E-state index in [1.54, 1.807) is 6.92 Å². The summed E-state index contributed by atoms with van der Waals surface area (Å²) < 4.78 is 0. The minimum absolute atomic E-state index is 0.179. The van der Waals surface area contributed by atoms with Crippen LogP contribution >= 0.6 is 0 Å². The topological polar surface area (TPSA) is 121 Å². The lowest BCUT2D eigenvalue weighted by atomic mass is 10.0. The van der Waals surface area contributed by atoms with Crippen LogP contribution in [0.1, 0.15) is 18.1 Å². The summed E-state index contributed by atoms with van der Waals surface area (Å²) in [5.41, 5.74) is 0.766. The zero-order chi connectivity index (χ0) is 14.6. The smallest absolute Gasteiger partial charge is 0.417 e. The molecule has 102 valence electrons. The Balaban J connectivity index is 3.16. The van der Waals surface area contributed by atoms with E-state index in [1.807, 2.05) is 0 Å². The number of aryl methyl sites for hydroxylation is 1. The van der Waals surface area contributed by atoms with Crippen LogP contribution in [0.3, 0.4) is 0 Å². The highest BCUT2D eigenvalue weighted by atomic mass is 16.6. The Morgan fingerprint density at radius 2 is 1.84 bits per heavy atom. The van der Waals surface area contributed by atoms with Gasteiger partial charge in [-0.15, -0.1) is 0 Å². The van der Waals surface area contributed by atoms with Gasteiger partial charge in [-0.1, -0.05) is 13.0 Å². The van der Waals surface area contributed by atoms with Crippen molar-refractivity contribution in [2.75, 3.05) is 0 Å². The Morgan fingerprint density at radius 1 is 1.26 bits per heavy atom. The molecule has 0 fully saturated rings. The van der Waals surface area contributed by atoms with Crippen LogP contribution in [-0.4, -0.2) is 32.2 Å². The molecule has 0 atom stereocenters.